The van der Waals surface area contributed by atoms with Crippen molar-refractivity contribution in [2.24, 2.45) is 0 Å². The molecular formula is C20H16F3N3O. The van der Waals surface area contributed by atoms with Crippen LogP contribution in [0.4, 0.5) is 18.9 Å². The van der Waals surface area contributed by atoms with Gasteiger partial charge in [0.15, 0.2) is 0 Å². The summed E-state index contributed by atoms with van der Waals surface area (Å²) >= 11 is 0. The number of nitrogens with zero attached hydrogens (tertiary/aromatic N) is 2. The summed E-state index contributed by atoms with van der Waals surface area (Å²) in [5, 5.41) is 6.69. The third kappa shape index (κ3) is 4.08. The first-order chi connectivity index (χ1) is 12.8. The predicted octanol–water partition coefficient (Wildman–Crippen LogP) is 4.56. The van der Waals surface area contributed by atoms with E-state index in [9.17, 15) is 18.0 Å². The van der Waals surface area contributed by atoms with Gasteiger partial charge in [0.05, 0.1) is 17.1 Å². The smallest absolute Gasteiger partial charge is 0.248 e. The van der Waals surface area contributed by atoms with Crippen LogP contribution in [0.2, 0.25) is 0 Å². The summed E-state index contributed by atoms with van der Waals surface area (Å²) in [5.41, 5.74) is 2.56. The maximum absolute atomic E-state index is 13.6. The van der Waals surface area contributed by atoms with Gasteiger partial charge in [0, 0.05) is 23.4 Å². The number of nitrogens with one attached hydrogen (secondary N) is 1. The van der Waals surface area contributed by atoms with E-state index < -0.39 is 17.5 Å². The molecule has 0 atom stereocenters. The Morgan fingerprint density at radius 2 is 1.70 bits per heavy atom. The van der Waals surface area contributed by atoms with Crippen LogP contribution >= 0.6 is 0 Å². The lowest BCUT2D eigenvalue weighted by atomic mass is 10.2. The minimum Gasteiger partial charge on any atom is -0.320 e. The van der Waals surface area contributed by atoms with Crippen LogP contribution in [-0.2, 0) is 4.79 Å². The molecule has 0 aliphatic rings. The quantitative estimate of drug-likeness (QED) is 0.684. The molecule has 138 valence electrons. The van der Waals surface area contributed by atoms with Crippen LogP contribution in [0.3, 0.4) is 0 Å². The average molecular weight is 371 g/mol. The van der Waals surface area contributed by atoms with Gasteiger partial charge < -0.3 is 5.32 Å². The largest absolute Gasteiger partial charge is 0.320 e. The summed E-state index contributed by atoms with van der Waals surface area (Å²) in [5.74, 6) is -2.33. The van der Waals surface area contributed by atoms with Crippen LogP contribution in [-0.4, -0.2) is 15.7 Å². The second-order valence-corrected chi connectivity index (χ2v) is 5.92. The molecule has 0 saturated heterocycles. The summed E-state index contributed by atoms with van der Waals surface area (Å²) in [6.45, 7) is 3.59. The van der Waals surface area contributed by atoms with Gasteiger partial charge in [-0.1, -0.05) is 0 Å². The molecule has 2 aromatic carbocycles. The van der Waals surface area contributed by atoms with Crippen molar-refractivity contribution in [1.29, 1.82) is 0 Å². The molecular weight excluding hydrogens is 355 g/mol. The van der Waals surface area contributed by atoms with Crippen LogP contribution in [0.5, 0.6) is 0 Å². The fraction of sp³-hybridized carbons (Fsp3) is 0.100. The molecule has 0 aliphatic heterocycles. The van der Waals surface area contributed by atoms with Gasteiger partial charge in [0.25, 0.3) is 0 Å². The summed E-state index contributed by atoms with van der Waals surface area (Å²) in [7, 11) is 0. The van der Waals surface area contributed by atoms with Crippen LogP contribution in [0.1, 0.15) is 17.0 Å². The molecule has 0 spiro atoms. The number of carbonyl (C=O) groups excluding carboxylic acids is 1. The fourth-order valence-electron chi connectivity index (χ4n) is 2.66. The van der Waals surface area contributed by atoms with Gasteiger partial charge in [-0.05, 0) is 56.3 Å². The maximum Gasteiger partial charge on any atom is 0.248 e. The summed E-state index contributed by atoms with van der Waals surface area (Å²) in [6.07, 6.45) is 2.76. The second-order valence-electron chi connectivity index (χ2n) is 5.92. The lowest BCUT2D eigenvalue weighted by molar-refractivity contribution is -0.111. The van der Waals surface area contributed by atoms with Crippen molar-refractivity contribution in [2.45, 2.75) is 13.8 Å². The lowest BCUT2D eigenvalue weighted by Crippen LogP contribution is -2.09. The van der Waals surface area contributed by atoms with Gasteiger partial charge in [-0.3, -0.25) is 4.79 Å². The van der Waals surface area contributed by atoms with E-state index in [0.29, 0.717) is 16.9 Å². The van der Waals surface area contributed by atoms with Crippen molar-refractivity contribution in [2.75, 3.05) is 5.32 Å². The highest BCUT2D eigenvalue weighted by Crippen LogP contribution is 2.20. The Labute approximate surface area is 153 Å². The Kier molecular flexibility index (Phi) is 5.12. The monoisotopic (exact) mass is 371 g/mol. The van der Waals surface area contributed by atoms with Gasteiger partial charge in [0.1, 0.15) is 17.5 Å². The molecule has 3 aromatic rings. The number of halogens is 3. The van der Waals surface area contributed by atoms with Gasteiger partial charge in [-0.15, -0.1) is 0 Å². The van der Waals surface area contributed by atoms with Crippen molar-refractivity contribution in [3.8, 4) is 5.69 Å². The number of aryl methyl sites for hydroxylation is 1. The Balaban J connectivity index is 1.82. The molecule has 1 aromatic heterocycles. The van der Waals surface area contributed by atoms with Crippen molar-refractivity contribution in [3.63, 3.8) is 0 Å². The Bertz CT molecular complexity index is 1020. The number of rotatable bonds is 4. The first-order valence-electron chi connectivity index (χ1n) is 8.11. The molecule has 0 radical (unpaired) electrons. The fourth-order valence-corrected chi connectivity index (χ4v) is 2.66. The van der Waals surface area contributed by atoms with E-state index in [1.54, 1.807) is 29.8 Å². The van der Waals surface area contributed by atoms with E-state index in [2.05, 4.69) is 10.4 Å². The first kappa shape index (κ1) is 18.4. The molecule has 1 amide bonds. The van der Waals surface area contributed by atoms with E-state index in [-0.39, 0.29) is 11.5 Å². The molecule has 0 fully saturated rings. The van der Waals surface area contributed by atoms with E-state index in [1.807, 2.05) is 6.92 Å². The SMILES string of the molecule is Cc1nn(-c2ccc(F)cc2)c(C)c1/C=C/C(=O)Nc1cc(F)ccc1F. The summed E-state index contributed by atoms with van der Waals surface area (Å²) in [4.78, 5) is 12.0. The molecule has 3 rings (SSSR count). The van der Waals surface area contributed by atoms with E-state index in [1.165, 1.54) is 18.2 Å². The molecule has 0 aliphatic carbocycles. The minimum atomic E-state index is -0.727. The molecule has 1 N–H and O–H groups in total. The minimum absolute atomic E-state index is 0.236. The molecule has 0 bridgehead atoms. The second kappa shape index (κ2) is 7.49. The molecule has 1 heterocycles. The van der Waals surface area contributed by atoms with Gasteiger partial charge in [0.2, 0.25) is 5.91 Å². The van der Waals surface area contributed by atoms with E-state index in [4.69, 9.17) is 0 Å². The average Bonchev–Trinajstić information content (AvgIpc) is 2.91. The maximum atomic E-state index is 13.6. The van der Waals surface area contributed by atoms with Gasteiger partial charge in [-0.2, -0.15) is 5.10 Å². The van der Waals surface area contributed by atoms with Crippen LogP contribution in [0.15, 0.2) is 48.5 Å². The molecule has 0 unspecified atom stereocenters. The Hall–Kier alpha value is -3.35. The molecule has 27 heavy (non-hydrogen) atoms. The molecule has 0 saturated carbocycles. The van der Waals surface area contributed by atoms with Crippen molar-refractivity contribution >= 4 is 17.7 Å². The number of hydrogen-bond acceptors (Lipinski definition) is 2. The van der Waals surface area contributed by atoms with Crippen molar-refractivity contribution in [1.82, 2.24) is 9.78 Å². The highest BCUT2D eigenvalue weighted by molar-refractivity contribution is 6.02. The lowest BCUT2D eigenvalue weighted by Gasteiger charge is -2.05. The highest BCUT2D eigenvalue weighted by Gasteiger charge is 2.12. The molecule has 4 nitrogen and oxygen atoms in total. The zero-order valence-electron chi connectivity index (χ0n) is 14.6. The number of aromatic nitrogens is 2. The van der Waals surface area contributed by atoms with Crippen LogP contribution in [0, 0.1) is 31.3 Å². The Morgan fingerprint density at radius 1 is 1.04 bits per heavy atom. The van der Waals surface area contributed by atoms with Crippen LogP contribution < -0.4 is 5.32 Å². The van der Waals surface area contributed by atoms with Gasteiger partial charge >= 0.3 is 0 Å². The van der Waals surface area contributed by atoms with Gasteiger partial charge in [-0.25, -0.2) is 17.9 Å². The topological polar surface area (TPSA) is 46.9 Å². The van der Waals surface area contributed by atoms with E-state index in [0.717, 1.165) is 23.9 Å². The highest BCUT2D eigenvalue weighted by atomic mass is 19.1. The standard InChI is InChI=1S/C20H16F3N3O/c1-12-17(13(2)26(25-12)16-6-3-14(21)4-7-16)8-10-20(27)24-19-11-15(22)5-9-18(19)23/h3-11H,1-2H3,(H,24,27)/b10-8+. The Morgan fingerprint density at radius 3 is 2.41 bits per heavy atom. The third-order valence-corrected chi connectivity index (χ3v) is 4.01. The predicted molar refractivity (Wildman–Crippen MR) is 97.0 cm³/mol. The summed E-state index contributed by atoms with van der Waals surface area (Å²) < 4.78 is 41.5. The zero-order valence-corrected chi connectivity index (χ0v) is 14.6. The first-order valence-corrected chi connectivity index (χ1v) is 8.11. The van der Waals surface area contributed by atoms with Crippen LogP contribution in [0.25, 0.3) is 11.8 Å². The van der Waals surface area contributed by atoms with Crippen molar-refractivity contribution < 1.29 is 18.0 Å². The number of carbonyl (C=O) groups is 1. The normalized spacial score (nSPS) is 11.1. The number of anilines is 1. The number of amides is 1. The van der Waals surface area contributed by atoms with E-state index >= 15 is 0 Å². The number of hydrogen-bond donors (Lipinski definition) is 1. The third-order valence-electron chi connectivity index (χ3n) is 4.01. The number of benzene rings is 2. The molecule has 7 heteroatoms. The van der Waals surface area contributed by atoms with Crippen molar-refractivity contribution in [3.05, 3.63) is 82.9 Å². The summed E-state index contributed by atoms with van der Waals surface area (Å²) in [6, 6.07) is 8.69. The zero-order chi connectivity index (χ0) is 19.6.